The number of hydrogen-bond acceptors (Lipinski definition) is 4. The molecule has 0 atom stereocenters. The van der Waals surface area contributed by atoms with Crippen LogP contribution in [-0.2, 0) is 11.2 Å². The molecular weight excluding hydrogens is 312 g/mol. The molecule has 1 aliphatic heterocycles. The highest BCUT2D eigenvalue weighted by atomic mass is 16.4. The van der Waals surface area contributed by atoms with E-state index < -0.39 is 5.97 Å². The fourth-order valence-corrected chi connectivity index (χ4v) is 2.84. The van der Waals surface area contributed by atoms with Crippen LogP contribution in [0.2, 0.25) is 0 Å². The number of carboxylic acid groups (broad SMARTS) is 1. The molecule has 7 heteroatoms. The second kappa shape index (κ2) is 7.51. The van der Waals surface area contributed by atoms with E-state index in [4.69, 9.17) is 9.52 Å². The van der Waals surface area contributed by atoms with Gasteiger partial charge in [0.2, 0.25) is 5.91 Å². The van der Waals surface area contributed by atoms with Gasteiger partial charge in [-0.1, -0.05) is 20.8 Å². The van der Waals surface area contributed by atoms with E-state index in [0.29, 0.717) is 44.8 Å². The van der Waals surface area contributed by atoms with Crippen molar-refractivity contribution in [3.63, 3.8) is 0 Å². The highest BCUT2D eigenvalue weighted by Crippen LogP contribution is 2.19. The van der Waals surface area contributed by atoms with Gasteiger partial charge in [0.1, 0.15) is 11.3 Å². The fraction of sp³-hybridized carbons (Fsp3) is 0.588. The summed E-state index contributed by atoms with van der Waals surface area (Å²) in [6, 6.07) is 1.30. The van der Waals surface area contributed by atoms with E-state index in [1.165, 1.54) is 6.07 Å². The maximum Gasteiger partial charge on any atom is 0.339 e. The van der Waals surface area contributed by atoms with Crippen LogP contribution in [-0.4, -0.2) is 58.9 Å². The highest BCUT2D eigenvalue weighted by molar-refractivity contribution is 5.96. The van der Waals surface area contributed by atoms with Crippen molar-refractivity contribution in [2.75, 3.05) is 26.2 Å². The standard InChI is InChI=1S/C17H24N2O5/c1-4-13-12(17(22)23)10-14(24-13)16(21)19-7-5-6-18(8-9-19)15(20)11(2)3/h10-11H,4-9H2,1-3H3,(H,22,23). The summed E-state index contributed by atoms with van der Waals surface area (Å²) in [7, 11) is 0. The summed E-state index contributed by atoms with van der Waals surface area (Å²) in [4.78, 5) is 39.3. The van der Waals surface area contributed by atoms with E-state index in [1.807, 2.05) is 13.8 Å². The first-order valence-electron chi connectivity index (χ1n) is 8.29. The predicted octanol–water partition coefficient (Wildman–Crippen LogP) is 1.87. The first-order valence-corrected chi connectivity index (χ1v) is 8.29. The molecule has 1 aromatic rings. The maximum atomic E-state index is 12.6. The lowest BCUT2D eigenvalue weighted by Crippen LogP contribution is -2.38. The van der Waals surface area contributed by atoms with Gasteiger partial charge in [-0.25, -0.2) is 4.79 Å². The molecule has 1 aromatic heterocycles. The number of carboxylic acids is 1. The Bertz CT molecular complexity index is 635. The van der Waals surface area contributed by atoms with Crippen LogP contribution in [0.25, 0.3) is 0 Å². The van der Waals surface area contributed by atoms with Crippen LogP contribution < -0.4 is 0 Å². The molecule has 0 radical (unpaired) electrons. The van der Waals surface area contributed by atoms with Crippen molar-refractivity contribution < 1.29 is 23.9 Å². The minimum absolute atomic E-state index is 0.0345. The van der Waals surface area contributed by atoms with Crippen molar-refractivity contribution in [1.29, 1.82) is 0 Å². The molecule has 0 saturated carbocycles. The van der Waals surface area contributed by atoms with Crippen molar-refractivity contribution in [3.05, 3.63) is 23.2 Å². The Kier molecular flexibility index (Phi) is 5.64. The summed E-state index contributed by atoms with van der Waals surface area (Å²) < 4.78 is 5.44. The van der Waals surface area contributed by atoms with E-state index in [1.54, 1.807) is 16.7 Å². The van der Waals surface area contributed by atoms with Gasteiger partial charge in [-0.3, -0.25) is 9.59 Å². The van der Waals surface area contributed by atoms with Crippen LogP contribution in [0, 0.1) is 5.92 Å². The Labute approximate surface area is 141 Å². The van der Waals surface area contributed by atoms with E-state index >= 15 is 0 Å². The van der Waals surface area contributed by atoms with Gasteiger partial charge in [0.05, 0.1) is 0 Å². The maximum absolute atomic E-state index is 12.6. The van der Waals surface area contributed by atoms with Gasteiger partial charge in [0, 0.05) is 44.6 Å². The molecular formula is C17H24N2O5. The summed E-state index contributed by atoms with van der Waals surface area (Å²) in [5.41, 5.74) is 0.0345. The molecule has 1 saturated heterocycles. The summed E-state index contributed by atoms with van der Waals surface area (Å²) in [6.07, 6.45) is 1.10. The number of nitrogens with zero attached hydrogens (tertiary/aromatic N) is 2. The zero-order chi connectivity index (χ0) is 17.9. The third-order valence-electron chi connectivity index (χ3n) is 4.16. The molecule has 2 amide bonds. The van der Waals surface area contributed by atoms with Gasteiger partial charge in [-0.15, -0.1) is 0 Å². The third-order valence-corrected chi connectivity index (χ3v) is 4.16. The van der Waals surface area contributed by atoms with Gasteiger partial charge in [-0.2, -0.15) is 0 Å². The first kappa shape index (κ1) is 18.0. The van der Waals surface area contributed by atoms with Crippen molar-refractivity contribution in [2.45, 2.75) is 33.6 Å². The predicted molar refractivity (Wildman–Crippen MR) is 87.0 cm³/mol. The van der Waals surface area contributed by atoms with Gasteiger partial charge in [0.25, 0.3) is 5.91 Å². The van der Waals surface area contributed by atoms with E-state index in [9.17, 15) is 14.4 Å². The zero-order valence-electron chi connectivity index (χ0n) is 14.4. The Morgan fingerprint density at radius 1 is 1.17 bits per heavy atom. The van der Waals surface area contributed by atoms with Crippen LogP contribution in [0.5, 0.6) is 0 Å². The second-order valence-corrected chi connectivity index (χ2v) is 6.23. The molecule has 2 heterocycles. The largest absolute Gasteiger partial charge is 0.478 e. The quantitative estimate of drug-likeness (QED) is 0.906. The second-order valence-electron chi connectivity index (χ2n) is 6.23. The molecule has 0 unspecified atom stereocenters. The summed E-state index contributed by atoms with van der Waals surface area (Å²) in [5, 5.41) is 9.17. The normalized spacial score (nSPS) is 15.5. The minimum atomic E-state index is -1.10. The van der Waals surface area contributed by atoms with Crippen molar-refractivity contribution in [1.82, 2.24) is 9.80 Å². The molecule has 7 nitrogen and oxygen atoms in total. The lowest BCUT2D eigenvalue weighted by atomic mass is 10.2. The Hall–Kier alpha value is -2.31. The molecule has 24 heavy (non-hydrogen) atoms. The van der Waals surface area contributed by atoms with E-state index in [2.05, 4.69) is 0 Å². The number of aromatic carboxylic acids is 1. The lowest BCUT2D eigenvalue weighted by molar-refractivity contribution is -0.134. The third kappa shape index (κ3) is 3.77. The summed E-state index contributed by atoms with van der Waals surface area (Å²) in [5.74, 6) is -1.05. The summed E-state index contributed by atoms with van der Waals surface area (Å²) >= 11 is 0. The number of rotatable bonds is 4. The number of furan rings is 1. The number of carbonyl (C=O) groups excluding carboxylic acids is 2. The van der Waals surface area contributed by atoms with Crippen LogP contribution in [0.15, 0.2) is 10.5 Å². The molecule has 1 aliphatic rings. The van der Waals surface area contributed by atoms with Gasteiger partial charge in [0.15, 0.2) is 5.76 Å². The molecule has 0 aliphatic carbocycles. The van der Waals surface area contributed by atoms with Crippen LogP contribution >= 0.6 is 0 Å². The van der Waals surface area contributed by atoms with Crippen LogP contribution in [0.3, 0.4) is 0 Å². The van der Waals surface area contributed by atoms with Crippen molar-refractivity contribution in [2.24, 2.45) is 5.92 Å². The minimum Gasteiger partial charge on any atom is -0.478 e. The smallest absolute Gasteiger partial charge is 0.339 e. The average Bonchev–Trinajstić information content (AvgIpc) is 2.84. The molecule has 1 N–H and O–H groups in total. The molecule has 132 valence electrons. The van der Waals surface area contributed by atoms with Crippen molar-refractivity contribution >= 4 is 17.8 Å². The van der Waals surface area contributed by atoms with Crippen LogP contribution in [0.4, 0.5) is 0 Å². The van der Waals surface area contributed by atoms with Gasteiger partial charge < -0.3 is 19.3 Å². The molecule has 0 aromatic carbocycles. The highest BCUT2D eigenvalue weighted by Gasteiger charge is 2.27. The summed E-state index contributed by atoms with van der Waals surface area (Å²) in [6.45, 7) is 7.54. The molecule has 2 rings (SSSR count). The Morgan fingerprint density at radius 3 is 2.33 bits per heavy atom. The molecule has 0 bridgehead atoms. The van der Waals surface area contributed by atoms with E-state index in [0.717, 1.165) is 0 Å². The number of aryl methyl sites for hydroxylation is 1. The van der Waals surface area contributed by atoms with Gasteiger partial charge >= 0.3 is 5.97 Å². The molecule has 1 fully saturated rings. The van der Waals surface area contributed by atoms with Crippen LogP contribution in [0.1, 0.15) is 53.9 Å². The monoisotopic (exact) mass is 336 g/mol. The topological polar surface area (TPSA) is 91.1 Å². The Balaban J connectivity index is 2.10. The number of carbonyl (C=O) groups is 3. The first-order chi connectivity index (χ1) is 11.3. The van der Waals surface area contributed by atoms with Gasteiger partial charge in [-0.05, 0) is 6.42 Å². The zero-order valence-corrected chi connectivity index (χ0v) is 14.4. The molecule has 0 spiro atoms. The number of hydrogen-bond donors (Lipinski definition) is 1. The van der Waals surface area contributed by atoms with Crippen molar-refractivity contribution in [3.8, 4) is 0 Å². The Morgan fingerprint density at radius 2 is 1.79 bits per heavy atom. The lowest BCUT2D eigenvalue weighted by Gasteiger charge is -2.23. The number of amides is 2. The average molecular weight is 336 g/mol. The SMILES string of the molecule is CCc1oc(C(=O)N2CCCN(C(=O)C(C)C)CC2)cc1C(=O)O. The van der Waals surface area contributed by atoms with E-state index in [-0.39, 0.29) is 29.1 Å². The fourth-order valence-electron chi connectivity index (χ4n) is 2.84.